The van der Waals surface area contributed by atoms with Crippen molar-refractivity contribution in [2.75, 3.05) is 30.4 Å². The average Bonchev–Trinajstić information content (AvgIpc) is 2.67. The number of amides is 1. The maximum atomic E-state index is 13.3. The van der Waals surface area contributed by atoms with Gasteiger partial charge in [-0.05, 0) is 32.9 Å². The smallest absolute Gasteiger partial charge is 0.229 e. The molecule has 150 valence electrons. The summed E-state index contributed by atoms with van der Waals surface area (Å²) in [4.78, 5) is 25.1. The number of carbonyl (C=O) groups is 1. The van der Waals surface area contributed by atoms with Crippen LogP contribution in [0.4, 0.5) is 10.2 Å². The molecule has 1 fully saturated rings. The number of hydrogen-bond donors (Lipinski definition) is 0. The molecule has 6 nitrogen and oxygen atoms in total. The van der Waals surface area contributed by atoms with E-state index in [1.54, 1.807) is 18.2 Å². The Morgan fingerprint density at radius 3 is 2.79 bits per heavy atom. The Kier molecular flexibility index (Phi) is 6.03. The van der Waals surface area contributed by atoms with Gasteiger partial charge in [-0.2, -0.15) is 0 Å². The zero-order valence-corrected chi connectivity index (χ0v) is 17.0. The van der Waals surface area contributed by atoms with Crippen molar-refractivity contribution in [3.8, 4) is 11.6 Å². The molecular weight excluding hydrogens is 383 g/mol. The Hall–Kier alpha value is -2.41. The molecule has 0 saturated carbocycles. The van der Waals surface area contributed by atoms with Crippen molar-refractivity contribution in [1.29, 1.82) is 0 Å². The van der Waals surface area contributed by atoms with Crippen LogP contribution < -0.4 is 9.64 Å². The van der Waals surface area contributed by atoms with Gasteiger partial charge in [-0.3, -0.25) is 4.79 Å². The maximum Gasteiger partial charge on any atom is 0.229 e. The highest BCUT2D eigenvalue weighted by molar-refractivity contribution is 6.19. The minimum absolute atomic E-state index is 0.0197. The third-order valence-electron chi connectivity index (χ3n) is 4.77. The van der Waals surface area contributed by atoms with Crippen molar-refractivity contribution >= 4 is 23.3 Å². The zero-order valence-electron chi connectivity index (χ0n) is 16.2. The molecule has 0 aliphatic carbocycles. The molecule has 1 unspecified atom stereocenters. The van der Waals surface area contributed by atoms with Gasteiger partial charge in [0.1, 0.15) is 23.7 Å². The first-order chi connectivity index (χ1) is 13.3. The van der Waals surface area contributed by atoms with Crippen LogP contribution in [-0.2, 0) is 4.79 Å². The minimum Gasteiger partial charge on any atom is -0.439 e. The second-order valence-corrected chi connectivity index (χ2v) is 7.85. The van der Waals surface area contributed by atoms with Crippen molar-refractivity contribution in [2.45, 2.75) is 26.8 Å². The Morgan fingerprint density at radius 2 is 2.11 bits per heavy atom. The first kappa shape index (κ1) is 20.3. The van der Waals surface area contributed by atoms with Gasteiger partial charge in [0.15, 0.2) is 0 Å². The molecule has 0 bridgehead atoms. The lowest BCUT2D eigenvalue weighted by Crippen LogP contribution is -2.57. The molecule has 0 radical (unpaired) electrons. The molecule has 1 aromatic carbocycles. The monoisotopic (exact) mass is 406 g/mol. The molecule has 0 N–H and O–H groups in total. The standard InChI is InChI=1S/C20H24ClFN4O2/c1-14-11-25(7-8-26(14)19(27)20(2,3)12-21)17-10-18(24-13-23-17)28-16-6-4-5-15(22)9-16/h4-6,9-10,13-14H,7-8,11-12H2,1-3H3. The van der Waals surface area contributed by atoms with E-state index >= 15 is 0 Å². The Bertz CT molecular complexity index is 848. The first-order valence-electron chi connectivity index (χ1n) is 9.17. The Balaban J connectivity index is 1.69. The molecule has 3 rings (SSSR count). The molecule has 1 aromatic heterocycles. The largest absolute Gasteiger partial charge is 0.439 e. The summed E-state index contributed by atoms with van der Waals surface area (Å²) < 4.78 is 19.0. The molecular formula is C20H24ClFN4O2. The van der Waals surface area contributed by atoms with Crippen molar-refractivity contribution in [3.63, 3.8) is 0 Å². The molecule has 0 spiro atoms. The van der Waals surface area contributed by atoms with Crippen molar-refractivity contribution < 1.29 is 13.9 Å². The fraction of sp³-hybridized carbons (Fsp3) is 0.450. The van der Waals surface area contributed by atoms with Gasteiger partial charge in [-0.1, -0.05) is 6.07 Å². The number of piperazine rings is 1. The van der Waals surface area contributed by atoms with Crippen molar-refractivity contribution in [1.82, 2.24) is 14.9 Å². The van der Waals surface area contributed by atoms with Crippen LogP contribution in [-0.4, -0.2) is 52.3 Å². The van der Waals surface area contributed by atoms with Crippen LogP contribution in [0.15, 0.2) is 36.7 Å². The van der Waals surface area contributed by atoms with Crippen LogP contribution in [0.2, 0.25) is 0 Å². The lowest BCUT2D eigenvalue weighted by molar-refractivity contribution is -0.141. The van der Waals surface area contributed by atoms with Crippen LogP contribution in [0.3, 0.4) is 0 Å². The summed E-state index contributed by atoms with van der Waals surface area (Å²) in [5.74, 6) is 1.39. The lowest BCUT2D eigenvalue weighted by Gasteiger charge is -2.43. The topological polar surface area (TPSA) is 58.6 Å². The molecule has 28 heavy (non-hydrogen) atoms. The zero-order chi connectivity index (χ0) is 20.3. The minimum atomic E-state index is -0.584. The second kappa shape index (κ2) is 8.31. The number of anilines is 1. The summed E-state index contributed by atoms with van der Waals surface area (Å²) in [5, 5.41) is 0. The van der Waals surface area contributed by atoms with Gasteiger partial charge in [-0.25, -0.2) is 14.4 Å². The van der Waals surface area contributed by atoms with E-state index in [-0.39, 0.29) is 23.6 Å². The van der Waals surface area contributed by atoms with Gasteiger partial charge in [0.25, 0.3) is 0 Å². The number of aromatic nitrogens is 2. The summed E-state index contributed by atoms with van der Waals surface area (Å²) >= 11 is 5.96. The van der Waals surface area contributed by atoms with E-state index in [9.17, 15) is 9.18 Å². The molecule has 1 saturated heterocycles. The molecule has 1 amide bonds. The van der Waals surface area contributed by atoms with Gasteiger partial charge < -0.3 is 14.5 Å². The molecule has 1 atom stereocenters. The van der Waals surface area contributed by atoms with Gasteiger partial charge in [0.05, 0.1) is 5.41 Å². The van der Waals surface area contributed by atoms with E-state index < -0.39 is 5.41 Å². The van der Waals surface area contributed by atoms with Crippen molar-refractivity contribution in [3.05, 3.63) is 42.5 Å². The highest BCUT2D eigenvalue weighted by Gasteiger charge is 2.36. The molecule has 1 aliphatic heterocycles. The number of rotatable bonds is 5. The lowest BCUT2D eigenvalue weighted by atomic mass is 9.93. The first-order valence-corrected chi connectivity index (χ1v) is 9.71. The summed E-state index contributed by atoms with van der Waals surface area (Å²) in [6, 6.07) is 7.63. The van der Waals surface area contributed by atoms with E-state index in [2.05, 4.69) is 14.9 Å². The number of nitrogens with zero attached hydrogens (tertiary/aromatic N) is 4. The van der Waals surface area contributed by atoms with Crippen LogP contribution in [0, 0.1) is 11.2 Å². The van der Waals surface area contributed by atoms with Crippen LogP contribution in [0.25, 0.3) is 0 Å². The van der Waals surface area contributed by atoms with E-state index in [0.29, 0.717) is 37.1 Å². The highest BCUT2D eigenvalue weighted by Crippen LogP contribution is 2.27. The van der Waals surface area contributed by atoms with Gasteiger partial charge in [-0.15, -0.1) is 11.6 Å². The Morgan fingerprint density at radius 1 is 1.32 bits per heavy atom. The third-order valence-corrected chi connectivity index (χ3v) is 5.44. The van der Waals surface area contributed by atoms with Gasteiger partial charge >= 0.3 is 0 Å². The van der Waals surface area contributed by atoms with Crippen LogP contribution in [0.5, 0.6) is 11.6 Å². The van der Waals surface area contributed by atoms with E-state index in [4.69, 9.17) is 16.3 Å². The number of benzene rings is 1. The maximum absolute atomic E-state index is 13.3. The van der Waals surface area contributed by atoms with Crippen LogP contribution >= 0.6 is 11.6 Å². The molecule has 8 heteroatoms. The average molecular weight is 407 g/mol. The number of hydrogen-bond acceptors (Lipinski definition) is 5. The molecule has 2 aromatic rings. The predicted octanol–water partition coefficient (Wildman–Crippen LogP) is 3.71. The van der Waals surface area contributed by atoms with Gasteiger partial charge in [0.2, 0.25) is 11.8 Å². The normalized spacial score (nSPS) is 17.5. The fourth-order valence-corrected chi connectivity index (χ4v) is 3.24. The predicted molar refractivity (Wildman–Crippen MR) is 106 cm³/mol. The molecule has 2 heterocycles. The number of ether oxygens (including phenoxy) is 1. The molecule has 1 aliphatic rings. The van der Waals surface area contributed by atoms with E-state index in [0.717, 1.165) is 0 Å². The van der Waals surface area contributed by atoms with E-state index in [1.165, 1.54) is 18.5 Å². The summed E-state index contributed by atoms with van der Waals surface area (Å²) in [6.07, 6.45) is 1.42. The highest BCUT2D eigenvalue weighted by atomic mass is 35.5. The SMILES string of the molecule is CC1CN(c2cc(Oc3cccc(F)c3)ncn2)CCN1C(=O)C(C)(C)CCl. The quantitative estimate of drug-likeness (QED) is 0.708. The number of halogens is 2. The third kappa shape index (κ3) is 4.52. The van der Waals surface area contributed by atoms with E-state index in [1.807, 2.05) is 25.7 Å². The van der Waals surface area contributed by atoms with Crippen molar-refractivity contribution in [2.24, 2.45) is 5.41 Å². The Labute approximate surface area is 169 Å². The number of alkyl halides is 1. The summed E-state index contributed by atoms with van der Waals surface area (Å²) in [5.41, 5.74) is -0.584. The second-order valence-electron chi connectivity index (χ2n) is 7.58. The summed E-state index contributed by atoms with van der Waals surface area (Å²) in [6.45, 7) is 7.61. The summed E-state index contributed by atoms with van der Waals surface area (Å²) in [7, 11) is 0. The number of carbonyl (C=O) groups excluding carboxylic acids is 1. The van der Waals surface area contributed by atoms with Crippen LogP contribution in [0.1, 0.15) is 20.8 Å². The fourth-order valence-electron chi connectivity index (χ4n) is 3.12. The van der Waals surface area contributed by atoms with Gasteiger partial charge in [0, 0.05) is 43.7 Å².